The molecule has 3 N–H and O–H groups in total. The number of anilines is 1. The highest BCUT2D eigenvalue weighted by Crippen LogP contribution is 2.26. The van der Waals surface area contributed by atoms with E-state index in [1.165, 1.54) is 12.3 Å². The first kappa shape index (κ1) is 15.8. The normalized spacial score (nSPS) is 11.4. The largest absolute Gasteiger partial charge is 0.326 e. The van der Waals surface area contributed by atoms with E-state index in [1.807, 2.05) is 0 Å². The predicted molar refractivity (Wildman–Crippen MR) is 83.9 cm³/mol. The number of benzene rings is 1. The number of aryl methyl sites for hydroxylation is 1. The molecular weight excluding hydrogens is 310 g/mol. The Kier molecular flexibility index (Phi) is 4.51. The molecule has 0 aliphatic carbocycles. The fraction of sp³-hybridized carbons (Fsp3) is 0.214. The average molecular weight is 326 g/mol. The van der Waals surface area contributed by atoms with Gasteiger partial charge in [-0.25, -0.2) is 8.42 Å². The van der Waals surface area contributed by atoms with Crippen LogP contribution in [0.1, 0.15) is 16.7 Å². The summed E-state index contributed by atoms with van der Waals surface area (Å²) < 4.78 is 27.7. The summed E-state index contributed by atoms with van der Waals surface area (Å²) in [6.45, 7) is 3.72. The van der Waals surface area contributed by atoms with Crippen LogP contribution in [0.3, 0.4) is 0 Å². The van der Waals surface area contributed by atoms with Gasteiger partial charge in [-0.1, -0.05) is 11.6 Å². The molecule has 0 radical (unpaired) electrons. The Bertz CT molecular complexity index is 776. The molecule has 0 spiro atoms. The zero-order valence-corrected chi connectivity index (χ0v) is 13.3. The average Bonchev–Trinajstić information content (AvgIpc) is 2.43. The van der Waals surface area contributed by atoms with Gasteiger partial charge in [-0.05, 0) is 48.7 Å². The van der Waals surface area contributed by atoms with E-state index < -0.39 is 10.0 Å². The maximum atomic E-state index is 12.6. The molecular formula is C14H16ClN3O2S. The first-order valence-corrected chi connectivity index (χ1v) is 8.14. The van der Waals surface area contributed by atoms with E-state index in [4.69, 9.17) is 17.3 Å². The molecule has 2 aromatic rings. The van der Waals surface area contributed by atoms with Gasteiger partial charge in [0.25, 0.3) is 10.0 Å². The van der Waals surface area contributed by atoms with Crippen LogP contribution in [-0.2, 0) is 16.6 Å². The summed E-state index contributed by atoms with van der Waals surface area (Å²) in [6.07, 6.45) is 3.12. The molecule has 112 valence electrons. The summed E-state index contributed by atoms with van der Waals surface area (Å²) in [6, 6.07) is 4.71. The lowest BCUT2D eigenvalue weighted by molar-refractivity contribution is 0.600. The zero-order valence-electron chi connectivity index (χ0n) is 11.7. The van der Waals surface area contributed by atoms with Crippen LogP contribution in [0.4, 0.5) is 5.69 Å². The molecule has 0 fully saturated rings. The molecule has 0 unspecified atom stereocenters. The first-order valence-electron chi connectivity index (χ1n) is 6.27. The van der Waals surface area contributed by atoms with Gasteiger partial charge < -0.3 is 5.73 Å². The topological polar surface area (TPSA) is 85.1 Å². The number of nitrogens with one attached hydrogen (secondary N) is 1. The van der Waals surface area contributed by atoms with Gasteiger partial charge in [0.05, 0.1) is 10.6 Å². The van der Waals surface area contributed by atoms with Crippen molar-refractivity contribution in [2.24, 2.45) is 5.73 Å². The second kappa shape index (κ2) is 6.01. The van der Waals surface area contributed by atoms with E-state index in [1.54, 1.807) is 32.2 Å². The lowest BCUT2D eigenvalue weighted by Gasteiger charge is -2.14. The highest BCUT2D eigenvalue weighted by molar-refractivity contribution is 7.92. The van der Waals surface area contributed by atoms with Crippen molar-refractivity contribution in [2.75, 3.05) is 4.72 Å². The monoisotopic (exact) mass is 325 g/mol. The Morgan fingerprint density at radius 2 is 2.05 bits per heavy atom. The number of pyridine rings is 1. The number of hydrogen-bond acceptors (Lipinski definition) is 4. The summed E-state index contributed by atoms with van der Waals surface area (Å²) in [4.78, 5) is 4.07. The second-order valence-electron chi connectivity index (χ2n) is 4.69. The Labute approximate surface area is 129 Å². The molecule has 0 saturated heterocycles. The van der Waals surface area contributed by atoms with Gasteiger partial charge in [-0.3, -0.25) is 9.71 Å². The van der Waals surface area contributed by atoms with E-state index in [0.717, 1.165) is 5.56 Å². The molecule has 0 saturated carbocycles. The molecule has 7 heteroatoms. The highest BCUT2D eigenvalue weighted by atomic mass is 35.5. The van der Waals surface area contributed by atoms with Crippen molar-refractivity contribution >= 4 is 27.3 Å². The van der Waals surface area contributed by atoms with Crippen molar-refractivity contribution in [3.63, 3.8) is 0 Å². The van der Waals surface area contributed by atoms with Crippen LogP contribution in [-0.4, -0.2) is 13.4 Å². The third-order valence-electron chi connectivity index (χ3n) is 3.21. The van der Waals surface area contributed by atoms with Gasteiger partial charge in [0.2, 0.25) is 0 Å². The highest BCUT2D eigenvalue weighted by Gasteiger charge is 2.20. The second-order valence-corrected chi connectivity index (χ2v) is 6.78. The van der Waals surface area contributed by atoms with E-state index >= 15 is 0 Å². The summed E-state index contributed by atoms with van der Waals surface area (Å²) >= 11 is 5.98. The van der Waals surface area contributed by atoms with Crippen molar-refractivity contribution in [1.29, 1.82) is 0 Å². The van der Waals surface area contributed by atoms with Crippen LogP contribution in [0.25, 0.3) is 0 Å². The molecule has 0 bridgehead atoms. The Balaban J connectivity index is 2.50. The number of nitrogens with two attached hydrogens (primary N) is 1. The van der Waals surface area contributed by atoms with E-state index in [2.05, 4.69) is 9.71 Å². The summed E-state index contributed by atoms with van der Waals surface area (Å²) in [5.74, 6) is 0. The number of halogens is 1. The number of aromatic nitrogens is 1. The predicted octanol–water partition coefficient (Wildman–Crippen LogP) is 2.61. The van der Waals surface area contributed by atoms with Crippen molar-refractivity contribution in [1.82, 2.24) is 4.98 Å². The zero-order chi connectivity index (χ0) is 15.6. The Hall–Kier alpha value is -1.63. The molecule has 0 amide bonds. The van der Waals surface area contributed by atoms with Crippen molar-refractivity contribution in [3.8, 4) is 0 Å². The smallest absolute Gasteiger partial charge is 0.262 e. The fourth-order valence-corrected chi connectivity index (χ4v) is 3.74. The maximum Gasteiger partial charge on any atom is 0.262 e. The van der Waals surface area contributed by atoms with Gasteiger partial charge in [0, 0.05) is 24.0 Å². The molecule has 0 aliphatic heterocycles. The minimum atomic E-state index is -3.74. The van der Waals surface area contributed by atoms with Gasteiger partial charge in [-0.15, -0.1) is 0 Å². The number of sulfonamides is 1. The molecule has 5 nitrogen and oxygen atoms in total. The van der Waals surface area contributed by atoms with E-state index in [-0.39, 0.29) is 11.4 Å². The lowest BCUT2D eigenvalue weighted by atomic mass is 10.1. The molecule has 2 rings (SSSR count). The molecule has 1 aromatic carbocycles. The van der Waals surface area contributed by atoms with Gasteiger partial charge in [-0.2, -0.15) is 0 Å². The lowest BCUT2D eigenvalue weighted by Crippen LogP contribution is -2.16. The maximum absolute atomic E-state index is 12.6. The minimum absolute atomic E-state index is 0.131. The van der Waals surface area contributed by atoms with Gasteiger partial charge >= 0.3 is 0 Å². The molecule has 1 heterocycles. The van der Waals surface area contributed by atoms with Crippen molar-refractivity contribution in [2.45, 2.75) is 25.3 Å². The SMILES string of the molecule is Cc1cnccc1NS(=O)(=O)c1cc(Cl)cc(CN)c1C. The van der Waals surface area contributed by atoms with E-state index in [9.17, 15) is 8.42 Å². The van der Waals surface area contributed by atoms with Crippen LogP contribution < -0.4 is 10.5 Å². The molecule has 0 aliphatic rings. The molecule has 21 heavy (non-hydrogen) atoms. The quantitative estimate of drug-likeness (QED) is 0.904. The van der Waals surface area contributed by atoms with Gasteiger partial charge in [0.15, 0.2) is 0 Å². The first-order chi connectivity index (χ1) is 9.85. The summed E-state index contributed by atoms with van der Waals surface area (Å²) in [7, 11) is -3.74. The molecule has 1 aromatic heterocycles. The fourth-order valence-electron chi connectivity index (χ4n) is 1.99. The number of nitrogens with zero attached hydrogens (tertiary/aromatic N) is 1. The van der Waals surface area contributed by atoms with Crippen LogP contribution in [0.5, 0.6) is 0 Å². The van der Waals surface area contributed by atoms with Crippen LogP contribution in [0, 0.1) is 13.8 Å². The van der Waals surface area contributed by atoms with Crippen LogP contribution in [0.2, 0.25) is 5.02 Å². The minimum Gasteiger partial charge on any atom is -0.326 e. The summed E-state index contributed by atoms with van der Waals surface area (Å²) in [5, 5.41) is 0.341. The number of hydrogen-bond donors (Lipinski definition) is 2. The van der Waals surface area contributed by atoms with Crippen molar-refractivity contribution in [3.05, 3.63) is 52.3 Å². The van der Waals surface area contributed by atoms with E-state index in [0.29, 0.717) is 21.8 Å². The van der Waals surface area contributed by atoms with Crippen LogP contribution >= 0.6 is 11.6 Å². The van der Waals surface area contributed by atoms with Crippen molar-refractivity contribution < 1.29 is 8.42 Å². The molecule has 0 atom stereocenters. The third kappa shape index (κ3) is 3.34. The Morgan fingerprint density at radius 1 is 1.33 bits per heavy atom. The third-order valence-corrected chi connectivity index (χ3v) is 4.92. The van der Waals surface area contributed by atoms with Gasteiger partial charge in [0.1, 0.15) is 0 Å². The summed E-state index contributed by atoms with van der Waals surface area (Å²) in [5.41, 5.74) is 8.15. The van der Waals surface area contributed by atoms with Crippen LogP contribution in [0.15, 0.2) is 35.5 Å². The number of rotatable bonds is 4. The Morgan fingerprint density at radius 3 is 2.67 bits per heavy atom. The standard InChI is InChI=1S/C14H16ClN3O2S/c1-9-8-17-4-3-13(9)18-21(19,20)14-6-12(15)5-11(7-16)10(14)2/h3-6,8H,7,16H2,1-2H3,(H,17,18).